The number of nitrogens with one attached hydrogen (secondary N) is 2. The van der Waals surface area contributed by atoms with Gasteiger partial charge in [0.25, 0.3) is 0 Å². The van der Waals surface area contributed by atoms with Crippen molar-refractivity contribution in [2.45, 2.75) is 31.2 Å². The van der Waals surface area contributed by atoms with Crippen LogP contribution in [0.4, 0.5) is 5.69 Å². The van der Waals surface area contributed by atoms with Crippen LogP contribution < -0.4 is 10.0 Å². The molecule has 2 aromatic rings. The molecule has 0 unspecified atom stereocenters. The van der Waals surface area contributed by atoms with Gasteiger partial charge in [0.15, 0.2) is 0 Å². The number of sulfonamides is 1. The van der Waals surface area contributed by atoms with Crippen molar-refractivity contribution in [2.24, 2.45) is 5.92 Å². The molecule has 3 rings (SSSR count). The number of rotatable bonds is 7. The summed E-state index contributed by atoms with van der Waals surface area (Å²) in [5, 5.41) is 2.71. The zero-order valence-electron chi connectivity index (χ0n) is 13.9. The Morgan fingerprint density at radius 3 is 2.76 bits per heavy atom. The summed E-state index contributed by atoms with van der Waals surface area (Å²) in [7, 11) is -3.70. The Morgan fingerprint density at radius 2 is 2.08 bits per heavy atom. The van der Waals surface area contributed by atoms with Gasteiger partial charge in [0.2, 0.25) is 15.9 Å². The van der Waals surface area contributed by atoms with Crippen LogP contribution in [0, 0.1) is 5.92 Å². The van der Waals surface area contributed by atoms with Crippen molar-refractivity contribution in [3.8, 4) is 0 Å². The number of furan rings is 1. The Kier molecular flexibility index (Phi) is 5.06. The molecule has 1 aromatic heterocycles. The smallest absolute Gasteiger partial charge is 0.248 e. The molecule has 25 heavy (non-hydrogen) atoms. The fraction of sp³-hybridized carbons (Fsp3) is 0.278. The molecule has 0 saturated heterocycles. The molecule has 0 atom stereocenters. The number of allylic oxidation sites excluding steroid dienone is 1. The summed E-state index contributed by atoms with van der Waals surface area (Å²) < 4.78 is 32.3. The third-order valence-corrected chi connectivity index (χ3v) is 5.41. The van der Waals surface area contributed by atoms with Crippen molar-refractivity contribution in [3.05, 3.63) is 60.1 Å². The maximum Gasteiger partial charge on any atom is 0.248 e. The normalized spacial score (nSPS) is 15.2. The van der Waals surface area contributed by atoms with Crippen molar-refractivity contribution in [1.29, 1.82) is 0 Å². The molecule has 0 bridgehead atoms. The number of hydrogen-bond donors (Lipinski definition) is 2. The van der Waals surface area contributed by atoms with E-state index in [0.29, 0.717) is 17.4 Å². The average molecular weight is 360 g/mol. The fourth-order valence-electron chi connectivity index (χ4n) is 2.45. The zero-order chi connectivity index (χ0) is 17.9. The second-order valence-corrected chi connectivity index (χ2v) is 7.85. The van der Waals surface area contributed by atoms with Gasteiger partial charge in [-0.25, -0.2) is 13.1 Å². The SMILES string of the molecule is C/C(=C\C(=O)Nc1cccc(S(=O)(=O)NCc2ccco2)c1)C1CC1. The molecule has 0 radical (unpaired) electrons. The van der Waals surface area contributed by atoms with Gasteiger partial charge in [0, 0.05) is 11.8 Å². The summed E-state index contributed by atoms with van der Waals surface area (Å²) in [5.41, 5.74) is 1.49. The Bertz CT molecular complexity index is 882. The van der Waals surface area contributed by atoms with Gasteiger partial charge < -0.3 is 9.73 Å². The van der Waals surface area contributed by atoms with Crippen LogP contribution in [0.5, 0.6) is 0 Å². The molecular formula is C18H20N2O4S. The molecule has 1 heterocycles. The minimum absolute atomic E-state index is 0.0647. The molecule has 1 aliphatic rings. The van der Waals surface area contributed by atoms with Gasteiger partial charge in [-0.05, 0) is 56.0 Å². The van der Waals surface area contributed by atoms with Crippen LogP contribution in [0.15, 0.2) is 63.6 Å². The lowest BCUT2D eigenvalue weighted by atomic mass is 10.2. The van der Waals surface area contributed by atoms with E-state index in [1.54, 1.807) is 30.3 Å². The highest BCUT2D eigenvalue weighted by Gasteiger charge is 2.23. The van der Waals surface area contributed by atoms with E-state index in [0.717, 1.165) is 18.4 Å². The van der Waals surface area contributed by atoms with Gasteiger partial charge >= 0.3 is 0 Å². The lowest BCUT2D eigenvalue weighted by molar-refractivity contribution is -0.112. The van der Waals surface area contributed by atoms with E-state index in [4.69, 9.17) is 4.42 Å². The number of anilines is 1. The van der Waals surface area contributed by atoms with Crippen LogP contribution in [0.3, 0.4) is 0 Å². The first-order chi connectivity index (χ1) is 11.9. The molecule has 1 saturated carbocycles. The standard InChI is InChI=1S/C18H20N2O4S/c1-13(14-7-8-14)10-18(21)20-15-4-2-6-17(11-15)25(22,23)19-12-16-5-3-9-24-16/h2-6,9-11,14,19H,7-8,12H2,1H3,(H,20,21)/b13-10+. The lowest BCUT2D eigenvalue weighted by Gasteiger charge is -2.08. The summed E-state index contributed by atoms with van der Waals surface area (Å²) in [5.74, 6) is 0.791. The van der Waals surface area contributed by atoms with Gasteiger partial charge in [0.05, 0.1) is 17.7 Å². The quantitative estimate of drug-likeness (QED) is 0.743. The third-order valence-electron chi connectivity index (χ3n) is 4.01. The molecule has 1 aliphatic carbocycles. The molecule has 1 aromatic carbocycles. The van der Waals surface area contributed by atoms with Crippen LogP contribution in [0.1, 0.15) is 25.5 Å². The van der Waals surface area contributed by atoms with E-state index in [2.05, 4.69) is 10.0 Å². The largest absolute Gasteiger partial charge is 0.468 e. The van der Waals surface area contributed by atoms with Crippen LogP contribution in [-0.4, -0.2) is 14.3 Å². The molecule has 0 aliphatic heterocycles. The van der Waals surface area contributed by atoms with Crippen molar-refractivity contribution < 1.29 is 17.6 Å². The topological polar surface area (TPSA) is 88.4 Å². The minimum Gasteiger partial charge on any atom is -0.468 e. The van der Waals surface area contributed by atoms with Gasteiger partial charge in [0.1, 0.15) is 5.76 Å². The highest BCUT2D eigenvalue weighted by molar-refractivity contribution is 7.89. The highest BCUT2D eigenvalue weighted by Crippen LogP contribution is 2.35. The molecule has 1 amide bonds. The Labute approximate surface area is 147 Å². The van der Waals surface area contributed by atoms with Gasteiger partial charge in [-0.2, -0.15) is 0 Å². The highest BCUT2D eigenvalue weighted by atomic mass is 32.2. The summed E-state index contributed by atoms with van der Waals surface area (Å²) in [6, 6.07) is 9.54. The van der Waals surface area contributed by atoms with Crippen LogP contribution >= 0.6 is 0 Å². The van der Waals surface area contributed by atoms with E-state index in [1.165, 1.54) is 18.4 Å². The number of carbonyl (C=O) groups excluding carboxylic acids is 1. The zero-order valence-corrected chi connectivity index (χ0v) is 14.7. The van der Waals surface area contributed by atoms with E-state index < -0.39 is 10.0 Å². The number of hydrogen-bond acceptors (Lipinski definition) is 4. The van der Waals surface area contributed by atoms with Crippen molar-refractivity contribution >= 4 is 21.6 Å². The van der Waals surface area contributed by atoms with Crippen LogP contribution in [0.2, 0.25) is 0 Å². The summed E-state index contributed by atoms with van der Waals surface area (Å²) in [6.07, 6.45) is 5.32. The van der Waals surface area contributed by atoms with E-state index in [9.17, 15) is 13.2 Å². The molecule has 2 N–H and O–H groups in total. The summed E-state index contributed by atoms with van der Waals surface area (Å²) in [4.78, 5) is 12.1. The maximum absolute atomic E-state index is 12.4. The van der Waals surface area contributed by atoms with Gasteiger partial charge in [-0.1, -0.05) is 11.6 Å². The predicted molar refractivity (Wildman–Crippen MR) is 94.3 cm³/mol. The van der Waals surface area contributed by atoms with Crippen LogP contribution in [-0.2, 0) is 21.4 Å². The molecular weight excluding hydrogens is 340 g/mol. The van der Waals surface area contributed by atoms with Gasteiger partial charge in [-0.15, -0.1) is 0 Å². The van der Waals surface area contributed by atoms with Gasteiger partial charge in [-0.3, -0.25) is 4.79 Å². The van der Waals surface area contributed by atoms with Crippen molar-refractivity contribution in [2.75, 3.05) is 5.32 Å². The average Bonchev–Trinajstić information content (AvgIpc) is 3.30. The maximum atomic E-state index is 12.4. The Morgan fingerprint density at radius 1 is 1.28 bits per heavy atom. The van der Waals surface area contributed by atoms with E-state index >= 15 is 0 Å². The second-order valence-electron chi connectivity index (χ2n) is 6.08. The van der Waals surface area contributed by atoms with Crippen molar-refractivity contribution in [1.82, 2.24) is 4.72 Å². The minimum atomic E-state index is -3.70. The summed E-state index contributed by atoms with van der Waals surface area (Å²) in [6.45, 7) is 2.01. The first-order valence-corrected chi connectivity index (χ1v) is 9.54. The monoisotopic (exact) mass is 360 g/mol. The summed E-state index contributed by atoms with van der Waals surface area (Å²) >= 11 is 0. The third kappa shape index (κ3) is 4.80. The molecule has 7 heteroatoms. The Balaban J connectivity index is 1.67. The molecule has 1 fully saturated rings. The van der Waals surface area contributed by atoms with Crippen molar-refractivity contribution in [3.63, 3.8) is 0 Å². The predicted octanol–water partition coefficient (Wildman–Crippen LogP) is 3.05. The number of amides is 1. The van der Waals surface area contributed by atoms with Crippen LogP contribution in [0.25, 0.3) is 0 Å². The molecule has 0 spiro atoms. The fourth-order valence-corrected chi connectivity index (χ4v) is 3.48. The number of carbonyl (C=O) groups is 1. The molecule has 6 nitrogen and oxygen atoms in total. The Hall–Kier alpha value is -2.38. The lowest BCUT2D eigenvalue weighted by Crippen LogP contribution is -2.23. The molecule has 132 valence electrons. The van der Waals surface area contributed by atoms with E-state index in [1.807, 2.05) is 6.92 Å². The second kappa shape index (κ2) is 7.25. The first-order valence-electron chi connectivity index (χ1n) is 8.05. The van der Waals surface area contributed by atoms with E-state index in [-0.39, 0.29) is 17.3 Å². The number of benzene rings is 1. The first kappa shape index (κ1) is 17.4.